The molecule has 2 atom stereocenters. The van der Waals surface area contributed by atoms with Crippen molar-refractivity contribution in [3.05, 3.63) is 58.0 Å². The van der Waals surface area contributed by atoms with Gasteiger partial charge in [0.1, 0.15) is 5.82 Å². The third-order valence-electron chi connectivity index (χ3n) is 3.32. The van der Waals surface area contributed by atoms with Crippen molar-refractivity contribution in [2.75, 3.05) is 0 Å². The fourth-order valence-corrected chi connectivity index (χ4v) is 2.89. The molecule has 6 heteroatoms. The maximum absolute atomic E-state index is 13.2. The van der Waals surface area contributed by atoms with Crippen LogP contribution in [-0.2, 0) is 9.59 Å². The zero-order chi connectivity index (χ0) is 16.1. The smallest absolute Gasteiger partial charge is 0.305 e. The van der Waals surface area contributed by atoms with Gasteiger partial charge in [0.25, 0.3) is 0 Å². The maximum Gasteiger partial charge on any atom is 0.305 e. The van der Waals surface area contributed by atoms with Gasteiger partial charge in [-0.05, 0) is 36.1 Å². The van der Waals surface area contributed by atoms with Gasteiger partial charge >= 0.3 is 5.97 Å². The zero-order valence-electron chi connectivity index (χ0n) is 12.0. The number of amides is 1. The molecule has 0 radical (unpaired) electrons. The lowest BCUT2D eigenvalue weighted by atomic mass is 9.99. The van der Waals surface area contributed by atoms with Gasteiger partial charge in [-0.15, -0.1) is 11.3 Å². The second-order valence-electron chi connectivity index (χ2n) is 4.95. The van der Waals surface area contributed by atoms with Crippen molar-refractivity contribution in [1.29, 1.82) is 0 Å². The van der Waals surface area contributed by atoms with Crippen molar-refractivity contribution in [2.45, 2.75) is 25.3 Å². The van der Waals surface area contributed by atoms with Crippen LogP contribution in [0.4, 0.5) is 4.39 Å². The van der Waals surface area contributed by atoms with Crippen LogP contribution in [0.5, 0.6) is 0 Å². The summed E-state index contributed by atoms with van der Waals surface area (Å²) in [6.45, 7) is 1.66. The van der Waals surface area contributed by atoms with Crippen LogP contribution >= 0.6 is 11.3 Å². The summed E-state index contributed by atoms with van der Waals surface area (Å²) in [6, 6.07) is 8.84. The summed E-state index contributed by atoms with van der Waals surface area (Å²) in [5.41, 5.74) is 0.553. The Morgan fingerprint density at radius 2 is 2.09 bits per heavy atom. The molecular weight excluding hydrogens is 305 g/mol. The van der Waals surface area contributed by atoms with Crippen LogP contribution < -0.4 is 5.32 Å². The Kier molecular flexibility index (Phi) is 5.27. The monoisotopic (exact) mass is 321 g/mol. The van der Waals surface area contributed by atoms with Crippen molar-refractivity contribution >= 4 is 23.2 Å². The van der Waals surface area contributed by atoms with Gasteiger partial charge in [-0.1, -0.05) is 18.2 Å². The molecule has 0 aliphatic heterocycles. The van der Waals surface area contributed by atoms with Crippen LogP contribution in [0.2, 0.25) is 0 Å². The first-order chi connectivity index (χ1) is 10.5. The lowest BCUT2D eigenvalue weighted by Crippen LogP contribution is -2.32. The molecule has 1 heterocycles. The highest BCUT2D eigenvalue weighted by atomic mass is 32.1. The molecule has 0 bridgehead atoms. The first kappa shape index (κ1) is 16.2. The van der Waals surface area contributed by atoms with Gasteiger partial charge in [0.2, 0.25) is 5.91 Å². The predicted octanol–water partition coefficient (Wildman–Crippen LogP) is 3.32. The van der Waals surface area contributed by atoms with E-state index in [0.29, 0.717) is 5.56 Å². The number of benzene rings is 1. The summed E-state index contributed by atoms with van der Waals surface area (Å²) in [5, 5.41) is 13.6. The van der Waals surface area contributed by atoms with Crippen LogP contribution in [0.15, 0.2) is 41.8 Å². The minimum atomic E-state index is -0.989. The van der Waals surface area contributed by atoms with Crippen molar-refractivity contribution in [1.82, 2.24) is 5.32 Å². The van der Waals surface area contributed by atoms with E-state index >= 15 is 0 Å². The van der Waals surface area contributed by atoms with Gasteiger partial charge in [0.15, 0.2) is 0 Å². The topological polar surface area (TPSA) is 66.4 Å². The number of carbonyl (C=O) groups is 2. The third-order valence-corrected chi connectivity index (χ3v) is 4.31. The quantitative estimate of drug-likeness (QED) is 0.857. The second-order valence-corrected chi connectivity index (χ2v) is 5.93. The molecule has 2 rings (SSSR count). The summed E-state index contributed by atoms with van der Waals surface area (Å²) in [5.74, 6) is -2.29. The molecule has 0 spiro atoms. The average molecular weight is 321 g/mol. The molecule has 0 fully saturated rings. The van der Waals surface area contributed by atoms with Crippen molar-refractivity contribution in [3.8, 4) is 0 Å². The predicted molar refractivity (Wildman–Crippen MR) is 82.3 cm³/mol. The molecule has 2 aromatic rings. The van der Waals surface area contributed by atoms with Crippen LogP contribution in [0.3, 0.4) is 0 Å². The number of carboxylic acid groups (broad SMARTS) is 1. The van der Waals surface area contributed by atoms with Crippen LogP contribution in [-0.4, -0.2) is 17.0 Å². The minimum absolute atomic E-state index is 0.192. The average Bonchev–Trinajstić information content (AvgIpc) is 2.99. The lowest BCUT2D eigenvalue weighted by Gasteiger charge is -2.19. The number of carbonyl (C=O) groups excluding carboxylic acids is 1. The van der Waals surface area contributed by atoms with Crippen molar-refractivity contribution < 1.29 is 19.1 Å². The molecule has 2 N–H and O–H groups in total. The fourth-order valence-electron chi connectivity index (χ4n) is 2.11. The Labute approximate surface area is 131 Å². The molecule has 0 aliphatic rings. The Hall–Kier alpha value is -2.21. The Balaban J connectivity index is 2.12. The minimum Gasteiger partial charge on any atom is -0.481 e. The highest BCUT2D eigenvalue weighted by Gasteiger charge is 2.23. The summed E-state index contributed by atoms with van der Waals surface area (Å²) in [4.78, 5) is 24.1. The molecule has 22 heavy (non-hydrogen) atoms. The van der Waals surface area contributed by atoms with E-state index in [1.807, 2.05) is 5.38 Å². The third kappa shape index (κ3) is 4.14. The first-order valence-electron chi connectivity index (χ1n) is 6.78. The molecule has 0 saturated carbocycles. The van der Waals surface area contributed by atoms with E-state index in [2.05, 4.69) is 5.32 Å². The number of thiophene rings is 1. The van der Waals surface area contributed by atoms with Gasteiger partial charge in [0, 0.05) is 4.88 Å². The van der Waals surface area contributed by atoms with Gasteiger partial charge in [-0.25, -0.2) is 4.39 Å². The van der Waals surface area contributed by atoms with E-state index in [0.717, 1.165) is 4.88 Å². The molecular formula is C16H16FNO3S. The number of hydrogen-bond acceptors (Lipinski definition) is 3. The van der Waals surface area contributed by atoms with Crippen LogP contribution in [0.25, 0.3) is 0 Å². The Morgan fingerprint density at radius 3 is 2.68 bits per heavy atom. The molecule has 1 aromatic carbocycles. The molecule has 1 aromatic heterocycles. The van der Waals surface area contributed by atoms with E-state index in [4.69, 9.17) is 5.11 Å². The van der Waals surface area contributed by atoms with E-state index in [-0.39, 0.29) is 12.3 Å². The fraction of sp³-hybridized carbons (Fsp3) is 0.250. The molecule has 116 valence electrons. The number of nitrogens with one attached hydrogen (secondary N) is 1. The molecule has 4 nitrogen and oxygen atoms in total. The summed E-state index contributed by atoms with van der Waals surface area (Å²) >= 11 is 1.39. The molecule has 1 amide bonds. The molecule has 0 saturated heterocycles. The van der Waals surface area contributed by atoms with E-state index in [1.54, 1.807) is 31.2 Å². The Bertz CT molecular complexity index is 657. The van der Waals surface area contributed by atoms with Gasteiger partial charge in [0.05, 0.1) is 18.4 Å². The van der Waals surface area contributed by atoms with Gasteiger partial charge in [-0.2, -0.15) is 0 Å². The Morgan fingerprint density at radius 1 is 1.32 bits per heavy atom. The maximum atomic E-state index is 13.2. The summed E-state index contributed by atoms with van der Waals surface area (Å²) in [7, 11) is 0. The van der Waals surface area contributed by atoms with E-state index < -0.39 is 23.7 Å². The van der Waals surface area contributed by atoms with E-state index in [9.17, 15) is 14.0 Å². The standard InChI is InChI=1S/C16H16FNO3S/c1-10(11-4-2-5-12(17)8-11)16(21)18-13(9-15(19)20)14-6-3-7-22-14/h2-8,10,13H,9H2,1H3,(H,18,21)(H,19,20). The zero-order valence-corrected chi connectivity index (χ0v) is 12.8. The summed E-state index contributed by atoms with van der Waals surface area (Å²) < 4.78 is 13.2. The second kappa shape index (κ2) is 7.17. The lowest BCUT2D eigenvalue weighted by molar-refractivity contribution is -0.137. The largest absolute Gasteiger partial charge is 0.481 e. The molecule has 0 aliphatic carbocycles. The van der Waals surface area contributed by atoms with Gasteiger partial charge < -0.3 is 10.4 Å². The highest BCUT2D eigenvalue weighted by Crippen LogP contribution is 2.24. The number of aliphatic carboxylic acids is 1. The first-order valence-corrected chi connectivity index (χ1v) is 7.66. The number of rotatable bonds is 6. The SMILES string of the molecule is CC(C(=O)NC(CC(=O)O)c1cccs1)c1cccc(F)c1. The number of halogens is 1. The van der Waals surface area contributed by atoms with E-state index in [1.165, 1.54) is 23.5 Å². The van der Waals surface area contributed by atoms with Crippen LogP contribution in [0, 0.1) is 5.82 Å². The van der Waals surface area contributed by atoms with Crippen LogP contribution in [0.1, 0.15) is 35.7 Å². The van der Waals surface area contributed by atoms with Crippen molar-refractivity contribution in [2.24, 2.45) is 0 Å². The number of carboxylic acids is 1. The van der Waals surface area contributed by atoms with Gasteiger partial charge in [-0.3, -0.25) is 9.59 Å². The summed E-state index contributed by atoms with van der Waals surface area (Å²) in [6.07, 6.45) is -0.192. The van der Waals surface area contributed by atoms with Crippen molar-refractivity contribution in [3.63, 3.8) is 0 Å². The normalized spacial score (nSPS) is 13.4. The molecule has 2 unspecified atom stereocenters. The number of hydrogen-bond donors (Lipinski definition) is 2. The highest BCUT2D eigenvalue weighted by molar-refractivity contribution is 7.10.